The molecule has 1 rings (SSSR count). The Morgan fingerprint density at radius 2 is 2.22 bits per heavy atom. The highest BCUT2D eigenvalue weighted by Crippen LogP contribution is 2.24. The molecule has 0 saturated carbocycles. The molecule has 4 heteroatoms. The van der Waals surface area contributed by atoms with Gasteiger partial charge in [-0.25, -0.2) is 0 Å². The Morgan fingerprint density at radius 1 is 1.44 bits per heavy atom. The third-order valence-electron chi connectivity index (χ3n) is 2.47. The first-order chi connectivity index (χ1) is 8.69. The maximum Gasteiger partial charge on any atom is 0.313 e. The topological polar surface area (TPSA) is 39.2 Å². The van der Waals surface area contributed by atoms with Gasteiger partial charge >= 0.3 is 5.97 Å². The fourth-order valence-electron chi connectivity index (χ4n) is 1.63. The van der Waals surface area contributed by atoms with Gasteiger partial charge in [0.1, 0.15) is 0 Å². The number of esters is 1. The third kappa shape index (κ3) is 4.61. The number of aromatic nitrogens is 1. The van der Waals surface area contributed by atoms with Gasteiger partial charge in [-0.1, -0.05) is 19.1 Å². The van der Waals surface area contributed by atoms with Gasteiger partial charge in [0.05, 0.1) is 12.5 Å². The molecule has 0 aliphatic rings. The number of pyridine rings is 1. The lowest BCUT2D eigenvalue weighted by Gasteiger charge is -2.14. The highest BCUT2D eigenvalue weighted by molar-refractivity contribution is 9.10. The highest BCUT2D eigenvalue weighted by Gasteiger charge is 2.21. The molecule has 1 unspecified atom stereocenters. The van der Waals surface area contributed by atoms with Gasteiger partial charge in [0, 0.05) is 16.9 Å². The lowest BCUT2D eigenvalue weighted by Crippen LogP contribution is -2.15. The van der Waals surface area contributed by atoms with E-state index < -0.39 is 0 Å². The number of hydrogen-bond donors (Lipinski definition) is 0. The van der Waals surface area contributed by atoms with Crippen LogP contribution in [0, 0.1) is 0 Å². The lowest BCUT2D eigenvalue weighted by molar-refractivity contribution is -0.144. The van der Waals surface area contributed by atoms with Crippen LogP contribution in [0.2, 0.25) is 0 Å². The molecular formula is C14H18BrNO2. The molecule has 18 heavy (non-hydrogen) atoms. The Morgan fingerprint density at radius 3 is 2.83 bits per heavy atom. The monoisotopic (exact) mass is 311 g/mol. The molecule has 0 bridgehead atoms. The average Bonchev–Trinajstić information content (AvgIpc) is 2.35. The summed E-state index contributed by atoms with van der Waals surface area (Å²) in [4.78, 5) is 16.0. The maximum absolute atomic E-state index is 11.9. The summed E-state index contributed by atoms with van der Waals surface area (Å²) in [5, 5.41) is 0. The molecule has 1 aromatic heterocycles. The minimum Gasteiger partial charge on any atom is -0.466 e. The number of halogens is 1. The van der Waals surface area contributed by atoms with Crippen molar-refractivity contribution in [2.24, 2.45) is 0 Å². The summed E-state index contributed by atoms with van der Waals surface area (Å²) in [7, 11) is 0. The van der Waals surface area contributed by atoms with E-state index in [9.17, 15) is 4.79 Å². The van der Waals surface area contributed by atoms with Crippen LogP contribution in [0.5, 0.6) is 0 Å². The summed E-state index contributed by atoms with van der Waals surface area (Å²) in [6.07, 6.45) is 9.09. The van der Waals surface area contributed by atoms with Crippen LogP contribution < -0.4 is 0 Å². The van der Waals surface area contributed by atoms with E-state index in [1.54, 1.807) is 12.4 Å². The van der Waals surface area contributed by atoms with Crippen LogP contribution in [0.1, 0.15) is 38.2 Å². The molecule has 0 radical (unpaired) electrons. The van der Waals surface area contributed by atoms with E-state index in [1.807, 2.05) is 19.1 Å². The van der Waals surface area contributed by atoms with Crippen molar-refractivity contribution in [3.8, 4) is 0 Å². The molecule has 0 fully saturated rings. The molecule has 1 heterocycles. The van der Waals surface area contributed by atoms with E-state index in [0.29, 0.717) is 13.0 Å². The van der Waals surface area contributed by atoms with E-state index >= 15 is 0 Å². The molecule has 0 aromatic carbocycles. The van der Waals surface area contributed by atoms with Crippen LogP contribution in [-0.2, 0) is 9.53 Å². The second-order valence-electron chi connectivity index (χ2n) is 3.86. The fraction of sp³-hybridized carbons (Fsp3) is 0.429. The number of carbonyl (C=O) groups excluding carboxylic acids is 1. The van der Waals surface area contributed by atoms with Crippen LogP contribution in [0.15, 0.2) is 35.1 Å². The molecule has 0 saturated heterocycles. The molecule has 1 aromatic rings. The molecule has 0 aliphatic carbocycles. The van der Waals surface area contributed by atoms with Crippen LogP contribution in [0.25, 0.3) is 0 Å². The van der Waals surface area contributed by atoms with Crippen molar-refractivity contribution < 1.29 is 9.53 Å². The molecule has 0 amide bonds. The Kier molecular flexibility index (Phi) is 6.65. The van der Waals surface area contributed by atoms with Crippen molar-refractivity contribution in [1.29, 1.82) is 0 Å². The number of hydrogen-bond acceptors (Lipinski definition) is 3. The van der Waals surface area contributed by atoms with Gasteiger partial charge < -0.3 is 4.74 Å². The van der Waals surface area contributed by atoms with Crippen molar-refractivity contribution in [2.75, 3.05) is 6.61 Å². The number of allylic oxidation sites excluding steroid dienone is 2. The van der Waals surface area contributed by atoms with Gasteiger partial charge in [0.25, 0.3) is 0 Å². The zero-order valence-electron chi connectivity index (χ0n) is 10.7. The van der Waals surface area contributed by atoms with Gasteiger partial charge in [0.15, 0.2) is 0 Å². The quantitative estimate of drug-likeness (QED) is 0.592. The first-order valence-corrected chi connectivity index (χ1v) is 6.90. The van der Waals surface area contributed by atoms with Crippen LogP contribution in [-0.4, -0.2) is 17.6 Å². The normalized spacial score (nSPS) is 12.6. The first-order valence-electron chi connectivity index (χ1n) is 6.11. The second kappa shape index (κ2) is 8.03. The maximum atomic E-state index is 11.9. The molecule has 0 aliphatic heterocycles. The van der Waals surface area contributed by atoms with Gasteiger partial charge in [-0.3, -0.25) is 9.78 Å². The smallest absolute Gasteiger partial charge is 0.313 e. The fourth-order valence-corrected chi connectivity index (χ4v) is 2.01. The predicted molar refractivity (Wildman–Crippen MR) is 75.4 cm³/mol. The van der Waals surface area contributed by atoms with Gasteiger partial charge in [0.2, 0.25) is 0 Å². The second-order valence-corrected chi connectivity index (χ2v) is 4.77. The zero-order valence-corrected chi connectivity index (χ0v) is 12.3. The van der Waals surface area contributed by atoms with Crippen molar-refractivity contribution in [1.82, 2.24) is 4.98 Å². The summed E-state index contributed by atoms with van der Waals surface area (Å²) in [6, 6.07) is 1.91. The van der Waals surface area contributed by atoms with E-state index in [-0.39, 0.29) is 11.9 Å². The Hall–Kier alpha value is -1.16. The van der Waals surface area contributed by atoms with Crippen molar-refractivity contribution in [2.45, 2.75) is 32.6 Å². The van der Waals surface area contributed by atoms with Crippen LogP contribution >= 0.6 is 15.9 Å². The largest absolute Gasteiger partial charge is 0.466 e. The zero-order chi connectivity index (χ0) is 13.4. The Balaban J connectivity index is 2.88. The summed E-state index contributed by atoms with van der Waals surface area (Å²) in [6.45, 7) is 4.28. The Labute approximate surface area is 116 Å². The Bertz CT molecular complexity index is 418. The number of nitrogens with zero attached hydrogens (tertiary/aromatic N) is 1. The van der Waals surface area contributed by atoms with Crippen molar-refractivity contribution in [3.63, 3.8) is 0 Å². The number of rotatable bonds is 6. The standard InChI is InChI=1S/C14H18BrNO2/c1-3-5-6-7-13(14(17)18-4-2)11-8-12(15)10-16-9-11/h5-6,8-10,13H,3-4,7H2,1-2H3. The molecule has 0 N–H and O–H groups in total. The van der Waals surface area contributed by atoms with Crippen molar-refractivity contribution >= 4 is 21.9 Å². The lowest BCUT2D eigenvalue weighted by atomic mass is 9.97. The summed E-state index contributed by atoms with van der Waals surface area (Å²) >= 11 is 3.37. The van der Waals surface area contributed by atoms with E-state index in [1.165, 1.54) is 0 Å². The number of ether oxygens (including phenoxy) is 1. The van der Waals surface area contributed by atoms with Crippen LogP contribution in [0.3, 0.4) is 0 Å². The van der Waals surface area contributed by atoms with E-state index in [2.05, 4.69) is 33.9 Å². The van der Waals surface area contributed by atoms with Gasteiger partial charge in [-0.2, -0.15) is 0 Å². The summed E-state index contributed by atoms with van der Waals surface area (Å²) in [5.41, 5.74) is 0.878. The third-order valence-corrected chi connectivity index (χ3v) is 2.91. The highest BCUT2D eigenvalue weighted by atomic mass is 79.9. The van der Waals surface area contributed by atoms with Gasteiger partial charge in [-0.05, 0) is 47.3 Å². The molecule has 1 atom stereocenters. The van der Waals surface area contributed by atoms with Gasteiger partial charge in [-0.15, -0.1) is 0 Å². The molecule has 3 nitrogen and oxygen atoms in total. The van der Waals surface area contributed by atoms with E-state index in [0.717, 1.165) is 16.5 Å². The molecule has 0 spiro atoms. The first kappa shape index (κ1) is 14.9. The SMILES string of the molecule is CCC=CCC(C(=O)OCC)c1cncc(Br)c1. The summed E-state index contributed by atoms with van der Waals surface area (Å²) < 4.78 is 5.98. The minimum absolute atomic E-state index is 0.196. The average molecular weight is 312 g/mol. The number of carbonyl (C=O) groups is 1. The van der Waals surface area contributed by atoms with E-state index in [4.69, 9.17) is 4.74 Å². The molecule has 98 valence electrons. The summed E-state index contributed by atoms with van der Waals surface area (Å²) in [5.74, 6) is -0.476. The predicted octanol–water partition coefficient (Wildman–Crippen LogP) is 3.85. The van der Waals surface area contributed by atoms with Crippen molar-refractivity contribution in [3.05, 3.63) is 40.6 Å². The molecular weight excluding hydrogens is 294 g/mol. The minimum atomic E-state index is -0.280. The van der Waals surface area contributed by atoms with Crippen LogP contribution in [0.4, 0.5) is 0 Å².